The largest absolute Gasteiger partial charge is 0.584 e. The van der Waals surface area contributed by atoms with E-state index in [2.05, 4.69) is 149 Å². The van der Waals surface area contributed by atoms with Crippen molar-refractivity contribution in [2.45, 2.75) is 63.2 Å². The van der Waals surface area contributed by atoms with Crippen molar-refractivity contribution in [1.82, 2.24) is 0 Å². The first-order valence-electron chi connectivity index (χ1n) is 26.1. The molecule has 0 aliphatic rings. The van der Waals surface area contributed by atoms with Crippen molar-refractivity contribution in [1.29, 1.82) is 0 Å². The quantitative estimate of drug-likeness (QED) is 0.0680. The lowest BCUT2D eigenvalue weighted by atomic mass is 9.78. The first-order valence-corrected chi connectivity index (χ1v) is 27.6. The second-order valence-electron chi connectivity index (χ2n) is 20.0. The van der Waals surface area contributed by atoms with Gasteiger partial charge in [-0.05, 0) is 67.5 Å². The topological polar surface area (TPSA) is 119 Å². The maximum atomic E-state index is 16.3. The van der Waals surface area contributed by atoms with Crippen LogP contribution in [0.25, 0.3) is 0 Å². The molecule has 10 aromatic carbocycles. The highest BCUT2D eigenvalue weighted by atomic mass is 31.2. The predicted molar refractivity (Wildman–Crippen MR) is 315 cm³/mol. The third-order valence-electron chi connectivity index (χ3n) is 14.4. The fourth-order valence-corrected chi connectivity index (χ4v) is 11.7. The normalized spacial score (nSPS) is 11.5. The van der Waals surface area contributed by atoms with Crippen molar-refractivity contribution in [2.75, 3.05) is 0 Å². The molecule has 0 aliphatic carbocycles. The first kappa shape index (κ1) is 55.2. The molecule has 0 aliphatic heterocycles. The molecule has 10 rings (SSSR count). The van der Waals surface area contributed by atoms with Gasteiger partial charge < -0.3 is 20.0 Å². The molecule has 6 nitrogen and oxygen atoms in total. The second-order valence-corrected chi connectivity index (χ2v) is 21.3. The highest BCUT2D eigenvalue weighted by Crippen LogP contribution is 2.56. The van der Waals surface area contributed by atoms with E-state index in [1.807, 2.05) is 146 Å². The molecule has 0 heterocycles. The molecule has 0 saturated heterocycles. The van der Waals surface area contributed by atoms with Gasteiger partial charge in [-0.1, -0.05) is 295 Å². The van der Waals surface area contributed by atoms with Crippen molar-refractivity contribution in [2.24, 2.45) is 0 Å². The summed E-state index contributed by atoms with van der Waals surface area (Å²) in [4.78, 5) is 13.3. The first-order chi connectivity index (χ1) is 36.6. The van der Waals surface area contributed by atoms with Gasteiger partial charge in [0.25, 0.3) is 0 Å². The zero-order valence-corrected chi connectivity index (χ0v) is 44.9. The van der Waals surface area contributed by atoms with Crippen LogP contribution in [-0.4, -0.2) is 15.8 Å². The molecule has 388 valence electrons. The van der Waals surface area contributed by atoms with E-state index in [0.29, 0.717) is 11.5 Å². The van der Waals surface area contributed by atoms with Crippen molar-refractivity contribution in [3.8, 4) is 11.5 Å². The Labute approximate surface area is 454 Å². The molecular formula is C70H67O6P. The lowest BCUT2D eigenvalue weighted by molar-refractivity contribution is 0.286. The van der Waals surface area contributed by atoms with Crippen molar-refractivity contribution >= 4 is 7.82 Å². The molecule has 0 aromatic heterocycles. The summed E-state index contributed by atoms with van der Waals surface area (Å²) in [7, 11) is -5.21. The summed E-state index contributed by atoms with van der Waals surface area (Å²) in [5.41, 5.74) is 13.3. The maximum Gasteiger partial charge on any atom is 0.584 e. The van der Waals surface area contributed by atoms with E-state index >= 15 is 4.57 Å². The van der Waals surface area contributed by atoms with Gasteiger partial charge in [0.05, 0.1) is 0 Å². The second kappa shape index (κ2) is 25.2. The number of benzene rings is 10. The summed E-state index contributed by atoms with van der Waals surface area (Å²) in [5, 5.41) is 0. The Morgan fingerprint density at radius 1 is 0.286 bits per heavy atom. The Kier molecular flexibility index (Phi) is 18.0. The van der Waals surface area contributed by atoms with Crippen LogP contribution in [0.4, 0.5) is 0 Å². The molecule has 10 aromatic rings. The molecule has 7 heteroatoms. The van der Waals surface area contributed by atoms with Crippen LogP contribution in [-0.2, 0) is 4.57 Å². The lowest BCUT2D eigenvalue weighted by Gasteiger charge is -2.31. The van der Waals surface area contributed by atoms with Crippen molar-refractivity contribution < 1.29 is 29.5 Å². The van der Waals surface area contributed by atoms with Gasteiger partial charge in [0.2, 0.25) is 0 Å². The van der Waals surface area contributed by atoms with Crippen LogP contribution >= 0.6 is 7.82 Å². The molecule has 0 bridgehead atoms. The number of phosphoric acid groups is 1. The molecule has 0 saturated carbocycles. The highest BCUT2D eigenvalue weighted by molar-refractivity contribution is 7.48. The van der Waals surface area contributed by atoms with E-state index < -0.39 is 31.5 Å². The fourth-order valence-electron chi connectivity index (χ4n) is 10.8. The van der Waals surface area contributed by atoms with Crippen LogP contribution in [0.2, 0.25) is 0 Å². The number of rotatable bonds is 18. The summed E-state index contributed by atoms with van der Waals surface area (Å²) < 4.78 is 30.5. The Morgan fingerprint density at radius 2 is 0.442 bits per heavy atom. The van der Waals surface area contributed by atoms with Crippen LogP contribution in [0.15, 0.2) is 267 Å². The van der Waals surface area contributed by atoms with Gasteiger partial charge in [0.1, 0.15) is 11.5 Å². The monoisotopic (exact) mass is 1030 g/mol. The Hall–Kier alpha value is -8.09. The van der Waals surface area contributed by atoms with Crippen LogP contribution in [0.5, 0.6) is 11.5 Å². The Balaban J connectivity index is 0.00000392. The summed E-state index contributed by atoms with van der Waals surface area (Å²) >= 11 is 0. The van der Waals surface area contributed by atoms with Gasteiger partial charge >= 0.3 is 7.82 Å². The molecule has 0 atom stereocenters. The molecule has 0 fully saturated rings. The summed E-state index contributed by atoms with van der Waals surface area (Å²) in [6, 6.07) is 91.6. The predicted octanol–water partition coefficient (Wildman–Crippen LogP) is 16.6. The van der Waals surface area contributed by atoms with Gasteiger partial charge in [-0.25, -0.2) is 4.57 Å². The van der Waals surface area contributed by atoms with Crippen LogP contribution in [0, 0.1) is 0 Å². The van der Waals surface area contributed by atoms with Crippen LogP contribution < -0.4 is 9.05 Å². The SMILES string of the molecule is CC(C)c1cc(C(c2ccccc2)c2ccccc2)c(OP(=O)(O)Oc2c(C(c3ccccc3)c3ccccc3)cc(C(C)C)cc2C(c2ccccc2)c2ccccc2)c(C(c2ccccc2)c2ccccc2)c1.O.O. The average molecular weight is 1040 g/mol. The van der Waals surface area contributed by atoms with E-state index in [-0.39, 0.29) is 22.8 Å². The summed E-state index contributed by atoms with van der Waals surface area (Å²) in [6.07, 6.45) is 0. The van der Waals surface area contributed by atoms with Gasteiger partial charge in [-0.3, -0.25) is 4.89 Å². The van der Waals surface area contributed by atoms with E-state index in [4.69, 9.17) is 9.05 Å². The summed E-state index contributed by atoms with van der Waals surface area (Å²) in [6.45, 7) is 8.77. The Bertz CT molecular complexity index is 2870. The van der Waals surface area contributed by atoms with Crippen molar-refractivity contribution in [3.63, 3.8) is 0 Å². The molecule has 0 amide bonds. The number of hydrogen-bond donors (Lipinski definition) is 1. The molecular weight excluding hydrogens is 968 g/mol. The minimum atomic E-state index is -5.21. The molecule has 0 spiro atoms. The van der Waals surface area contributed by atoms with E-state index in [9.17, 15) is 4.89 Å². The zero-order valence-electron chi connectivity index (χ0n) is 44.0. The third-order valence-corrected chi connectivity index (χ3v) is 15.2. The molecule has 0 unspecified atom stereocenters. The van der Waals surface area contributed by atoms with Crippen LogP contribution in [0.3, 0.4) is 0 Å². The lowest BCUT2D eigenvalue weighted by Crippen LogP contribution is -2.16. The van der Waals surface area contributed by atoms with Gasteiger partial charge in [0, 0.05) is 45.9 Å². The molecule has 0 radical (unpaired) electrons. The summed E-state index contributed by atoms with van der Waals surface area (Å²) in [5.74, 6) is -0.805. The fraction of sp³-hybridized carbons (Fsp3) is 0.143. The van der Waals surface area contributed by atoms with Gasteiger partial charge in [0.15, 0.2) is 0 Å². The molecule has 5 N–H and O–H groups in total. The minimum absolute atomic E-state index is 0. The smallest absolute Gasteiger partial charge is 0.412 e. The maximum absolute atomic E-state index is 16.3. The number of hydrogen-bond acceptors (Lipinski definition) is 3. The molecule has 77 heavy (non-hydrogen) atoms. The minimum Gasteiger partial charge on any atom is -0.412 e. The van der Waals surface area contributed by atoms with Crippen molar-refractivity contribution in [3.05, 3.63) is 345 Å². The average Bonchev–Trinajstić information content (AvgIpc) is 3.47. The van der Waals surface area contributed by atoms with E-state index in [0.717, 1.165) is 77.9 Å². The Morgan fingerprint density at radius 3 is 0.584 bits per heavy atom. The zero-order chi connectivity index (χ0) is 51.7. The van der Waals surface area contributed by atoms with Gasteiger partial charge in [-0.15, -0.1) is 0 Å². The van der Waals surface area contributed by atoms with Crippen LogP contribution in [0.1, 0.15) is 141 Å². The van der Waals surface area contributed by atoms with E-state index in [1.165, 1.54) is 0 Å². The highest BCUT2D eigenvalue weighted by Gasteiger charge is 2.38. The standard InChI is InChI=1S/C70H63O4P.2H2O/c1-49(2)59-45-61(65(51-29-13-5-14-30-51)52-31-15-6-16-32-52)69(62(46-59)66(53-33-17-7-18-34-53)54-35-19-8-20-36-54)73-75(71,72)74-70-63(67(55-37-21-9-22-38-55)56-39-23-10-24-40-56)47-60(50(3)4)48-64(70)68(57-41-25-11-26-42-57)58-43-27-12-28-44-58;;/h5-50,65-68H,1-4H3,(H,71,72);2*1H2. The van der Waals surface area contributed by atoms with Gasteiger partial charge in [-0.2, -0.15) is 0 Å². The third kappa shape index (κ3) is 12.5. The number of phosphoric ester groups is 1. The van der Waals surface area contributed by atoms with E-state index in [1.54, 1.807) is 0 Å².